The molecule has 1 unspecified atom stereocenters. The van der Waals surface area contributed by atoms with Crippen molar-refractivity contribution < 1.29 is 0 Å². The van der Waals surface area contributed by atoms with Gasteiger partial charge in [0.05, 0.1) is 0 Å². The van der Waals surface area contributed by atoms with Gasteiger partial charge < -0.3 is 5.32 Å². The van der Waals surface area contributed by atoms with Crippen molar-refractivity contribution in [1.29, 1.82) is 0 Å². The summed E-state index contributed by atoms with van der Waals surface area (Å²) >= 11 is 0. The van der Waals surface area contributed by atoms with Gasteiger partial charge in [0.2, 0.25) is 0 Å². The van der Waals surface area contributed by atoms with Crippen molar-refractivity contribution in [2.45, 2.75) is 31.7 Å². The average Bonchev–Trinajstić information content (AvgIpc) is 2.28. The Kier molecular flexibility index (Phi) is 9.69. The van der Waals surface area contributed by atoms with Gasteiger partial charge >= 0.3 is 0 Å². The molecule has 2 nitrogen and oxygen atoms in total. The molecule has 1 heterocycles. The minimum absolute atomic E-state index is 0. The Labute approximate surface area is 106 Å². The molecule has 0 radical (unpaired) electrons. The van der Waals surface area contributed by atoms with Gasteiger partial charge in [0, 0.05) is 25.7 Å². The van der Waals surface area contributed by atoms with Crippen molar-refractivity contribution in [3.63, 3.8) is 0 Å². The highest BCUT2D eigenvalue weighted by Gasteiger charge is 2.13. The maximum atomic E-state index is 3.79. The van der Waals surface area contributed by atoms with E-state index in [0.29, 0.717) is 0 Å². The van der Waals surface area contributed by atoms with Crippen LogP contribution in [0.5, 0.6) is 0 Å². The number of nitrogens with one attached hydrogen (secondary N) is 1. The van der Waals surface area contributed by atoms with Crippen molar-refractivity contribution in [2.75, 3.05) is 26.2 Å². The van der Waals surface area contributed by atoms with Crippen molar-refractivity contribution in [2.24, 2.45) is 0 Å². The topological polar surface area (TPSA) is 15.3 Å². The fourth-order valence-electron chi connectivity index (χ4n) is 2.13. The summed E-state index contributed by atoms with van der Waals surface area (Å²) in [6.07, 6.45) is 9.27. The molecule has 1 N–H and O–H groups in total. The number of nitrogens with zero attached hydrogens (tertiary/aromatic N) is 1. The molecule has 0 aliphatic carbocycles. The van der Waals surface area contributed by atoms with E-state index in [4.69, 9.17) is 0 Å². The zero-order chi connectivity index (χ0) is 10.9. The molecule has 94 valence electrons. The molecule has 3 heteroatoms. The van der Waals surface area contributed by atoms with Crippen molar-refractivity contribution >= 4 is 12.4 Å². The second-order valence-corrected chi connectivity index (χ2v) is 4.27. The minimum Gasteiger partial charge on any atom is -0.314 e. The first kappa shape index (κ1) is 15.7. The monoisotopic (exact) mass is 244 g/mol. The third kappa shape index (κ3) is 6.31. The lowest BCUT2D eigenvalue weighted by Crippen LogP contribution is -2.37. The smallest absolute Gasteiger partial charge is 0.0163 e. The van der Waals surface area contributed by atoms with Crippen LogP contribution in [0.25, 0.3) is 0 Å². The lowest BCUT2D eigenvalue weighted by Gasteiger charge is -2.26. The number of hydrogen-bond donors (Lipinski definition) is 1. The number of rotatable bonds is 7. The summed E-state index contributed by atoms with van der Waals surface area (Å²) in [4.78, 5) is 2.39. The molecule has 0 aromatic heterocycles. The molecule has 0 spiro atoms. The van der Waals surface area contributed by atoms with Gasteiger partial charge in [-0.2, -0.15) is 0 Å². The summed E-state index contributed by atoms with van der Waals surface area (Å²) in [6.45, 7) is 11.9. The van der Waals surface area contributed by atoms with Gasteiger partial charge in [-0.25, -0.2) is 0 Å². The summed E-state index contributed by atoms with van der Waals surface area (Å²) in [5.74, 6) is 0. The van der Waals surface area contributed by atoms with Gasteiger partial charge in [-0.15, -0.1) is 25.6 Å². The minimum atomic E-state index is 0. The van der Waals surface area contributed by atoms with Crippen LogP contribution in [-0.2, 0) is 0 Å². The SMILES string of the molecule is C=CCN(CC=C)CCC1CCCCN1.Cl. The molecule has 16 heavy (non-hydrogen) atoms. The molecule has 1 aliphatic heterocycles. The number of piperidine rings is 1. The van der Waals surface area contributed by atoms with Crippen LogP contribution in [0.15, 0.2) is 25.3 Å². The molecule has 1 atom stereocenters. The van der Waals surface area contributed by atoms with E-state index in [2.05, 4.69) is 23.4 Å². The van der Waals surface area contributed by atoms with Gasteiger partial charge in [0.1, 0.15) is 0 Å². The Bertz CT molecular complexity index is 178. The highest BCUT2D eigenvalue weighted by Crippen LogP contribution is 2.10. The normalized spacial score (nSPS) is 20.2. The summed E-state index contributed by atoms with van der Waals surface area (Å²) in [6, 6.07) is 0.732. The van der Waals surface area contributed by atoms with Crippen molar-refractivity contribution in [3.05, 3.63) is 25.3 Å². The van der Waals surface area contributed by atoms with Crippen LogP contribution in [0.3, 0.4) is 0 Å². The second kappa shape index (κ2) is 9.88. The first-order chi connectivity index (χ1) is 7.36. The second-order valence-electron chi connectivity index (χ2n) is 4.27. The predicted octanol–water partition coefficient (Wildman–Crippen LogP) is 2.61. The van der Waals surface area contributed by atoms with Crippen LogP contribution < -0.4 is 5.32 Å². The molecule has 1 saturated heterocycles. The fourth-order valence-corrected chi connectivity index (χ4v) is 2.13. The summed E-state index contributed by atoms with van der Waals surface area (Å²) in [7, 11) is 0. The van der Waals surface area contributed by atoms with Crippen LogP contribution in [0.2, 0.25) is 0 Å². The van der Waals surface area contributed by atoms with Gasteiger partial charge in [-0.3, -0.25) is 4.90 Å². The Morgan fingerprint density at radius 1 is 1.19 bits per heavy atom. The van der Waals surface area contributed by atoms with E-state index in [9.17, 15) is 0 Å². The quantitative estimate of drug-likeness (QED) is 0.693. The van der Waals surface area contributed by atoms with Crippen LogP contribution in [0, 0.1) is 0 Å². The fraction of sp³-hybridized carbons (Fsp3) is 0.692. The maximum Gasteiger partial charge on any atom is 0.0163 e. The molecule has 0 bridgehead atoms. The Morgan fingerprint density at radius 3 is 2.38 bits per heavy atom. The molecule has 1 rings (SSSR count). The van der Waals surface area contributed by atoms with E-state index in [1.807, 2.05) is 12.2 Å². The lowest BCUT2D eigenvalue weighted by atomic mass is 10.0. The first-order valence-corrected chi connectivity index (χ1v) is 6.04. The van der Waals surface area contributed by atoms with Crippen LogP contribution >= 0.6 is 12.4 Å². The third-order valence-electron chi connectivity index (χ3n) is 2.98. The number of halogens is 1. The molecular formula is C13H25ClN2. The maximum absolute atomic E-state index is 3.79. The van der Waals surface area contributed by atoms with Crippen LogP contribution in [0.4, 0.5) is 0 Å². The average molecular weight is 245 g/mol. The summed E-state index contributed by atoms with van der Waals surface area (Å²) < 4.78 is 0. The van der Waals surface area contributed by atoms with E-state index in [-0.39, 0.29) is 12.4 Å². The Balaban J connectivity index is 0.00000225. The zero-order valence-corrected chi connectivity index (χ0v) is 11.0. The standard InChI is InChI=1S/C13H24N2.ClH/c1-3-10-15(11-4-2)12-8-13-7-5-6-9-14-13;/h3-4,13-14H,1-2,5-12H2;1H. The van der Waals surface area contributed by atoms with E-state index in [0.717, 1.165) is 25.7 Å². The highest BCUT2D eigenvalue weighted by molar-refractivity contribution is 5.85. The summed E-state index contributed by atoms with van der Waals surface area (Å²) in [5.41, 5.74) is 0. The van der Waals surface area contributed by atoms with E-state index in [1.165, 1.54) is 32.2 Å². The third-order valence-corrected chi connectivity index (χ3v) is 2.98. The molecule has 0 aromatic rings. The van der Waals surface area contributed by atoms with Gasteiger partial charge in [0.15, 0.2) is 0 Å². The zero-order valence-electron chi connectivity index (χ0n) is 10.2. The Morgan fingerprint density at radius 2 is 1.88 bits per heavy atom. The molecular weight excluding hydrogens is 220 g/mol. The van der Waals surface area contributed by atoms with E-state index >= 15 is 0 Å². The molecule has 0 aromatic carbocycles. The van der Waals surface area contributed by atoms with Crippen LogP contribution in [0.1, 0.15) is 25.7 Å². The van der Waals surface area contributed by atoms with E-state index < -0.39 is 0 Å². The van der Waals surface area contributed by atoms with Gasteiger partial charge in [-0.1, -0.05) is 18.6 Å². The lowest BCUT2D eigenvalue weighted by molar-refractivity contribution is 0.287. The number of hydrogen-bond acceptors (Lipinski definition) is 2. The highest BCUT2D eigenvalue weighted by atomic mass is 35.5. The van der Waals surface area contributed by atoms with Crippen LogP contribution in [-0.4, -0.2) is 37.1 Å². The molecule has 0 saturated carbocycles. The predicted molar refractivity (Wildman–Crippen MR) is 74.3 cm³/mol. The van der Waals surface area contributed by atoms with Gasteiger partial charge in [-0.05, 0) is 25.8 Å². The van der Waals surface area contributed by atoms with Gasteiger partial charge in [0.25, 0.3) is 0 Å². The molecule has 1 fully saturated rings. The van der Waals surface area contributed by atoms with Crippen molar-refractivity contribution in [3.8, 4) is 0 Å². The van der Waals surface area contributed by atoms with Crippen molar-refractivity contribution in [1.82, 2.24) is 10.2 Å². The summed E-state index contributed by atoms with van der Waals surface area (Å²) in [5, 5.41) is 3.58. The largest absolute Gasteiger partial charge is 0.314 e. The first-order valence-electron chi connectivity index (χ1n) is 6.04. The van der Waals surface area contributed by atoms with E-state index in [1.54, 1.807) is 0 Å². The Hall–Kier alpha value is -0.310. The molecule has 1 aliphatic rings. The molecule has 0 amide bonds.